The summed E-state index contributed by atoms with van der Waals surface area (Å²) in [5, 5.41) is 9.80. The van der Waals surface area contributed by atoms with Crippen molar-refractivity contribution >= 4 is 22.9 Å². The van der Waals surface area contributed by atoms with E-state index in [2.05, 4.69) is 4.98 Å². The molecule has 3 nitrogen and oxygen atoms in total. The van der Waals surface area contributed by atoms with E-state index in [4.69, 9.17) is 21.4 Å². The quantitative estimate of drug-likeness (QED) is 0.917. The fourth-order valence-corrected chi connectivity index (χ4v) is 2.42. The molecule has 0 spiro atoms. The van der Waals surface area contributed by atoms with E-state index in [1.807, 2.05) is 24.3 Å². The van der Waals surface area contributed by atoms with E-state index >= 15 is 0 Å². The number of hydrogen-bond acceptors (Lipinski definition) is 4. The van der Waals surface area contributed by atoms with Crippen LogP contribution in [0, 0.1) is 0 Å². The fraction of sp³-hybridized carbons (Fsp3) is 0.182. The highest BCUT2D eigenvalue weighted by molar-refractivity contribution is 7.19. The predicted molar refractivity (Wildman–Crippen MR) is 65.0 cm³/mol. The Morgan fingerprint density at radius 3 is 2.56 bits per heavy atom. The van der Waals surface area contributed by atoms with Crippen LogP contribution in [0.3, 0.4) is 0 Å². The number of benzene rings is 1. The van der Waals surface area contributed by atoms with Crippen LogP contribution in [0.4, 0.5) is 0 Å². The molecule has 16 heavy (non-hydrogen) atoms. The Morgan fingerprint density at radius 2 is 2.06 bits per heavy atom. The van der Waals surface area contributed by atoms with Gasteiger partial charge in [-0.05, 0) is 24.3 Å². The third-order valence-corrected chi connectivity index (χ3v) is 3.52. The van der Waals surface area contributed by atoms with Crippen LogP contribution in [0.15, 0.2) is 24.3 Å². The number of ether oxygens (including phenoxy) is 1. The van der Waals surface area contributed by atoms with Gasteiger partial charge in [-0.2, -0.15) is 0 Å². The molecule has 0 atom stereocenters. The first kappa shape index (κ1) is 11.4. The van der Waals surface area contributed by atoms with Crippen LogP contribution in [0.5, 0.6) is 5.75 Å². The number of aliphatic hydroxyl groups excluding tert-OH is 1. The molecular weight excluding hydrogens is 246 g/mol. The lowest BCUT2D eigenvalue weighted by Crippen LogP contribution is -1.84. The molecule has 0 saturated carbocycles. The molecule has 0 aliphatic carbocycles. The number of aliphatic hydroxyl groups is 1. The van der Waals surface area contributed by atoms with Crippen LogP contribution in [0.2, 0.25) is 4.34 Å². The Balaban J connectivity index is 2.34. The fourth-order valence-electron chi connectivity index (χ4n) is 1.29. The summed E-state index contributed by atoms with van der Waals surface area (Å²) < 4.78 is 5.61. The Bertz CT molecular complexity index is 481. The molecule has 0 bridgehead atoms. The smallest absolute Gasteiger partial charge is 0.125 e. The zero-order valence-electron chi connectivity index (χ0n) is 8.61. The third kappa shape index (κ3) is 2.19. The second-order valence-corrected chi connectivity index (χ2v) is 4.73. The minimum atomic E-state index is -0.133. The maximum absolute atomic E-state index is 9.00. The zero-order valence-corrected chi connectivity index (χ0v) is 10.2. The summed E-state index contributed by atoms with van der Waals surface area (Å²) in [6, 6.07) is 7.55. The van der Waals surface area contributed by atoms with Crippen LogP contribution in [-0.4, -0.2) is 17.2 Å². The molecular formula is C11H10ClNO2S. The van der Waals surface area contributed by atoms with E-state index in [0.29, 0.717) is 10.0 Å². The van der Waals surface area contributed by atoms with E-state index in [1.54, 1.807) is 7.11 Å². The van der Waals surface area contributed by atoms with Gasteiger partial charge in [0.05, 0.1) is 19.4 Å². The van der Waals surface area contributed by atoms with Gasteiger partial charge in [0.15, 0.2) is 0 Å². The van der Waals surface area contributed by atoms with Gasteiger partial charge in [-0.3, -0.25) is 0 Å². The van der Waals surface area contributed by atoms with E-state index in [0.717, 1.165) is 16.3 Å². The topological polar surface area (TPSA) is 42.4 Å². The van der Waals surface area contributed by atoms with Gasteiger partial charge in [-0.15, -0.1) is 11.3 Å². The summed E-state index contributed by atoms with van der Waals surface area (Å²) in [6.07, 6.45) is 0. The minimum absolute atomic E-state index is 0.133. The summed E-state index contributed by atoms with van der Waals surface area (Å²) in [5.74, 6) is 0.800. The van der Waals surface area contributed by atoms with Crippen molar-refractivity contribution in [2.75, 3.05) is 7.11 Å². The molecule has 0 fully saturated rings. The van der Waals surface area contributed by atoms with E-state index in [-0.39, 0.29) is 6.61 Å². The van der Waals surface area contributed by atoms with E-state index < -0.39 is 0 Å². The molecule has 1 N–H and O–H groups in total. The van der Waals surface area contributed by atoms with Crippen molar-refractivity contribution in [3.05, 3.63) is 34.3 Å². The van der Waals surface area contributed by atoms with Crippen LogP contribution < -0.4 is 4.74 Å². The average molecular weight is 256 g/mol. The first-order chi connectivity index (χ1) is 7.74. The van der Waals surface area contributed by atoms with Crippen molar-refractivity contribution in [1.82, 2.24) is 4.98 Å². The van der Waals surface area contributed by atoms with E-state index in [1.165, 1.54) is 11.3 Å². The second-order valence-electron chi connectivity index (χ2n) is 3.13. The predicted octanol–water partition coefficient (Wildman–Crippen LogP) is 2.96. The van der Waals surface area contributed by atoms with Crippen molar-refractivity contribution in [2.24, 2.45) is 0 Å². The van der Waals surface area contributed by atoms with Crippen molar-refractivity contribution < 1.29 is 9.84 Å². The maximum Gasteiger partial charge on any atom is 0.125 e. The lowest BCUT2D eigenvalue weighted by Gasteiger charge is -1.99. The molecule has 1 heterocycles. The summed E-state index contributed by atoms with van der Waals surface area (Å²) >= 11 is 7.28. The molecule has 2 rings (SSSR count). The first-order valence-corrected chi connectivity index (χ1v) is 5.84. The van der Waals surface area contributed by atoms with Gasteiger partial charge < -0.3 is 9.84 Å². The standard InChI is InChI=1S/C11H10ClNO2S/c1-15-8-4-2-7(3-5-8)11-13-9(6-14)10(12)16-11/h2-5,14H,6H2,1H3. The number of nitrogens with zero attached hydrogens (tertiary/aromatic N) is 1. The van der Waals surface area contributed by atoms with Gasteiger partial charge in [0.1, 0.15) is 15.1 Å². The average Bonchev–Trinajstić information content (AvgIpc) is 2.71. The van der Waals surface area contributed by atoms with E-state index in [9.17, 15) is 0 Å². The lowest BCUT2D eigenvalue weighted by atomic mass is 10.2. The van der Waals surface area contributed by atoms with Gasteiger partial charge in [0, 0.05) is 5.56 Å². The van der Waals surface area contributed by atoms with Crippen LogP contribution >= 0.6 is 22.9 Å². The third-order valence-electron chi connectivity index (χ3n) is 2.14. The number of halogens is 1. The number of rotatable bonds is 3. The molecule has 84 valence electrons. The first-order valence-electron chi connectivity index (χ1n) is 4.65. The molecule has 5 heteroatoms. The highest BCUT2D eigenvalue weighted by Crippen LogP contribution is 2.32. The van der Waals surface area contributed by atoms with Crippen LogP contribution in [0.25, 0.3) is 10.6 Å². The molecule has 0 aliphatic rings. The summed E-state index contributed by atoms with van der Waals surface area (Å²) in [4.78, 5) is 4.25. The van der Waals surface area contributed by atoms with Gasteiger partial charge in [-0.1, -0.05) is 11.6 Å². The normalized spacial score (nSPS) is 10.4. The molecule has 0 amide bonds. The number of methoxy groups -OCH3 is 1. The molecule has 0 unspecified atom stereocenters. The van der Waals surface area contributed by atoms with Crippen molar-refractivity contribution in [2.45, 2.75) is 6.61 Å². The Labute approximate surface area is 102 Å². The number of hydrogen-bond donors (Lipinski definition) is 1. The van der Waals surface area contributed by atoms with Gasteiger partial charge in [-0.25, -0.2) is 4.98 Å². The summed E-state index contributed by atoms with van der Waals surface area (Å²) in [7, 11) is 1.62. The molecule has 0 saturated heterocycles. The van der Waals surface area contributed by atoms with Gasteiger partial charge in [0.25, 0.3) is 0 Å². The lowest BCUT2D eigenvalue weighted by molar-refractivity contribution is 0.278. The van der Waals surface area contributed by atoms with Gasteiger partial charge in [0.2, 0.25) is 0 Å². The van der Waals surface area contributed by atoms with Crippen molar-refractivity contribution in [3.8, 4) is 16.3 Å². The van der Waals surface area contributed by atoms with Gasteiger partial charge >= 0.3 is 0 Å². The Morgan fingerprint density at radius 1 is 1.38 bits per heavy atom. The number of thiazole rings is 1. The second kappa shape index (κ2) is 4.82. The Kier molecular flexibility index (Phi) is 3.43. The number of aromatic nitrogens is 1. The van der Waals surface area contributed by atoms with Crippen LogP contribution in [-0.2, 0) is 6.61 Å². The minimum Gasteiger partial charge on any atom is -0.497 e. The zero-order chi connectivity index (χ0) is 11.5. The summed E-state index contributed by atoms with van der Waals surface area (Å²) in [6.45, 7) is -0.133. The molecule has 2 aromatic rings. The molecule has 1 aromatic heterocycles. The Hall–Kier alpha value is -1.10. The summed E-state index contributed by atoms with van der Waals surface area (Å²) in [5.41, 5.74) is 1.49. The van der Waals surface area contributed by atoms with Crippen molar-refractivity contribution in [3.63, 3.8) is 0 Å². The monoisotopic (exact) mass is 255 g/mol. The highest BCUT2D eigenvalue weighted by atomic mass is 35.5. The SMILES string of the molecule is COc1ccc(-c2nc(CO)c(Cl)s2)cc1. The van der Waals surface area contributed by atoms with Crippen molar-refractivity contribution in [1.29, 1.82) is 0 Å². The maximum atomic E-state index is 9.00. The molecule has 1 aromatic carbocycles. The molecule has 0 radical (unpaired) electrons. The molecule has 0 aliphatic heterocycles. The van der Waals surface area contributed by atoms with Crippen LogP contribution in [0.1, 0.15) is 5.69 Å². The highest BCUT2D eigenvalue weighted by Gasteiger charge is 2.09. The largest absolute Gasteiger partial charge is 0.497 e.